The minimum atomic E-state index is -0.154. The first-order valence-corrected chi connectivity index (χ1v) is 7.85. The lowest BCUT2D eigenvalue weighted by Crippen LogP contribution is -2.21. The summed E-state index contributed by atoms with van der Waals surface area (Å²) in [6.45, 7) is 0.489. The second-order valence-electron chi connectivity index (χ2n) is 4.50. The van der Waals surface area contributed by atoms with Crippen molar-refractivity contribution in [2.24, 2.45) is 0 Å². The van der Waals surface area contributed by atoms with Crippen LogP contribution in [-0.2, 0) is 0 Å². The molecule has 0 fully saturated rings. The van der Waals surface area contributed by atoms with Crippen LogP contribution in [0.15, 0.2) is 46.9 Å². The van der Waals surface area contributed by atoms with Gasteiger partial charge in [0, 0.05) is 0 Å². The maximum atomic E-state index is 6.05. The Kier molecular flexibility index (Phi) is 2.89. The molecule has 0 radical (unpaired) electrons. The molecule has 20 heavy (non-hydrogen) atoms. The van der Waals surface area contributed by atoms with Gasteiger partial charge in [-0.2, -0.15) is 0 Å². The molecule has 1 aliphatic rings. The van der Waals surface area contributed by atoms with Crippen molar-refractivity contribution >= 4 is 37.5 Å². The predicted molar refractivity (Wildman–Crippen MR) is 82.6 cm³/mol. The van der Waals surface area contributed by atoms with E-state index in [1.54, 1.807) is 11.3 Å². The number of hydrogen-bond donors (Lipinski definition) is 0. The highest BCUT2D eigenvalue weighted by Crippen LogP contribution is 2.42. The maximum Gasteiger partial charge on any atom is 0.184 e. The van der Waals surface area contributed by atoms with Crippen LogP contribution in [0.1, 0.15) is 11.1 Å². The lowest BCUT2D eigenvalue weighted by molar-refractivity contribution is 0.0902. The number of ether oxygens (including phenoxy) is 2. The van der Waals surface area contributed by atoms with E-state index in [0.29, 0.717) is 6.61 Å². The number of nitrogens with zero attached hydrogens (tertiary/aromatic N) is 1. The van der Waals surface area contributed by atoms with Gasteiger partial charge in [-0.1, -0.05) is 18.2 Å². The smallest absolute Gasteiger partial charge is 0.184 e. The van der Waals surface area contributed by atoms with Crippen molar-refractivity contribution < 1.29 is 9.47 Å². The lowest BCUT2D eigenvalue weighted by Gasteiger charge is -2.25. The number of aromatic nitrogens is 1. The highest BCUT2D eigenvalue weighted by Gasteiger charge is 2.26. The van der Waals surface area contributed by atoms with Crippen molar-refractivity contribution in [3.05, 3.63) is 51.9 Å². The van der Waals surface area contributed by atoms with Crippen LogP contribution in [0.25, 0.3) is 10.2 Å². The summed E-state index contributed by atoms with van der Waals surface area (Å²) < 4.78 is 13.9. The average Bonchev–Trinajstić information content (AvgIpc) is 2.91. The van der Waals surface area contributed by atoms with Crippen molar-refractivity contribution in [2.45, 2.75) is 6.10 Å². The van der Waals surface area contributed by atoms with Crippen LogP contribution in [0.5, 0.6) is 11.5 Å². The SMILES string of the molecule is Brc1cccc2c1OC(c1nc3ccccc3s1)CO2. The zero-order valence-electron chi connectivity index (χ0n) is 10.4. The third-order valence-electron chi connectivity index (χ3n) is 3.17. The van der Waals surface area contributed by atoms with Crippen LogP contribution in [0.3, 0.4) is 0 Å². The topological polar surface area (TPSA) is 31.4 Å². The van der Waals surface area contributed by atoms with E-state index in [1.807, 2.05) is 36.4 Å². The molecule has 3 aromatic rings. The van der Waals surface area contributed by atoms with Crippen LogP contribution in [-0.4, -0.2) is 11.6 Å². The largest absolute Gasteiger partial charge is 0.485 e. The van der Waals surface area contributed by atoms with Gasteiger partial charge in [0.05, 0.1) is 14.7 Å². The van der Waals surface area contributed by atoms with Crippen molar-refractivity contribution in [1.82, 2.24) is 4.98 Å². The number of para-hydroxylation sites is 2. The summed E-state index contributed by atoms with van der Waals surface area (Å²) in [5.41, 5.74) is 1.01. The molecule has 0 saturated heterocycles. The van der Waals surface area contributed by atoms with Gasteiger partial charge in [0.25, 0.3) is 0 Å². The normalized spacial score (nSPS) is 17.4. The quantitative estimate of drug-likeness (QED) is 0.646. The number of benzene rings is 2. The Hall–Kier alpha value is -1.59. The highest BCUT2D eigenvalue weighted by atomic mass is 79.9. The number of fused-ring (bicyclic) bond motifs is 2. The van der Waals surface area contributed by atoms with E-state index in [1.165, 1.54) is 4.70 Å². The van der Waals surface area contributed by atoms with Crippen molar-refractivity contribution in [1.29, 1.82) is 0 Å². The number of halogens is 1. The molecule has 0 aliphatic carbocycles. The molecule has 100 valence electrons. The van der Waals surface area contributed by atoms with Gasteiger partial charge in [-0.3, -0.25) is 0 Å². The molecule has 1 unspecified atom stereocenters. The lowest BCUT2D eigenvalue weighted by atomic mass is 10.2. The van der Waals surface area contributed by atoms with Gasteiger partial charge in [-0.25, -0.2) is 4.98 Å². The first-order chi connectivity index (χ1) is 9.81. The molecule has 0 saturated carbocycles. The van der Waals surface area contributed by atoms with E-state index in [2.05, 4.69) is 27.0 Å². The zero-order valence-corrected chi connectivity index (χ0v) is 12.8. The van der Waals surface area contributed by atoms with Crippen LogP contribution in [0, 0.1) is 0 Å². The molecule has 4 rings (SSSR count). The summed E-state index contributed by atoms with van der Waals surface area (Å²) in [6.07, 6.45) is -0.154. The Bertz CT molecular complexity index is 753. The third kappa shape index (κ3) is 1.98. The minimum absolute atomic E-state index is 0.154. The summed E-state index contributed by atoms with van der Waals surface area (Å²) >= 11 is 5.15. The molecule has 0 N–H and O–H groups in total. The summed E-state index contributed by atoms with van der Waals surface area (Å²) in [7, 11) is 0. The monoisotopic (exact) mass is 347 g/mol. The van der Waals surface area contributed by atoms with E-state index >= 15 is 0 Å². The second kappa shape index (κ2) is 4.75. The summed E-state index contributed by atoms with van der Waals surface area (Å²) in [5.74, 6) is 1.53. The Morgan fingerprint density at radius 1 is 1.15 bits per heavy atom. The molecule has 2 heterocycles. The zero-order chi connectivity index (χ0) is 13.5. The Morgan fingerprint density at radius 3 is 2.95 bits per heavy atom. The molecule has 2 aromatic carbocycles. The molecule has 1 aromatic heterocycles. The van der Waals surface area contributed by atoms with Gasteiger partial charge >= 0.3 is 0 Å². The Morgan fingerprint density at radius 2 is 2.05 bits per heavy atom. The fourth-order valence-corrected chi connectivity index (χ4v) is 3.63. The first kappa shape index (κ1) is 12.2. The number of hydrogen-bond acceptors (Lipinski definition) is 4. The molecule has 0 spiro atoms. The molecule has 1 atom stereocenters. The summed E-state index contributed by atoms with van der Waals surface area (Å²) in [6, 6.07) is 13.9. The third-order valence-corrected chi connectivity index (χ3v) is 4.92. The molecular formula is C15H10BrNO2S. The van der Waals surface area contributed by atoms with Gasteiger partial charge in [0.15, 0.2) is 17.6 Å². The van der Waals surface area contributed by atoms with Crippen LogP contribution >= 0.6 is 27.3 Å². The summed E-state index contributed by atoms with van der Waals surface area (Å²) in [4.78, 5) is 4.64. The van der Waals surface area contributed by atoms with E-state index < -0.39 is 0 Å². The van der Waals surface area contributed by atoms with Crippen molar-refractivity contribution in [3.63, 3.8) is 0 Å². The van der Waals surface area contributed by atoms with Crippen LogP contribution in [0.4, 0.5) is 0 Å². The average molecular weight is 348 g/mol. The van der Waals surface area contributed by atoms with Crippen molar-refractivity contribution in [3.8, 4) is 11.5 Å². The van der Waals surface area contributed by atoms with Gasteiger partial charge in [0.2, 0.25) is 0 Å². The molecule has 0 amide bonds. The van der Waals surface area contributed by atoms with Gasteiger partial charge in [-0.05, 0) is 40.2 Å². The minimum Gasteiger partial charge on any atom is -0.485 e. The fourth-order valence-electron chi connectivity index (χ4n) is 2.21. The molecule has 1 aliphatic heterocycles. The Labute approximate surface area is 128 Å². The molecule has 5 heteroatoms. The van der Waals surface area contributed by atoms with E-state index in [0.717, 1.165) is 26.5 Å². The van der Waals surface area contributed by atoms with E-state index in [4.69, 9.17) is 9.47 Å². The van der Waals surface area contributed by atoms with E-state index in [9.17, 15) is 0 Å². The standard InChI is InChI=1S/C15H10BrNO2S/c16-9-4-3-6-11-14(9)19-12(8-18-11)15-17-10-5-1-2-7-13(10)20-15/h1-7,12H,8H2. The fraction of sp³-hybridized carbons (Fsp3) is 0.133. The number of rotatable bonds is 1. The van der Waals surface area contributed by atoms with Gasteiger partial charge in [0.1, 0.15) is 11.6 Å². The number of thiazole rings is 1. The van der Waals surface area contributed by atoms with Crippen LogP contribution < -0.4 is 9.47 Å². The van der Waals surface area contributed by atoms with E-state index in [-0.39, 0.29) is 6.10 Å². The molecule has 0 bridgehead atoms. The van der Waals surface area contributed by atoms with Crippen LogP contribution in [0.2, 0.25) is 0 Å². The highest BCUT2D eigenvalue weighted by molar-refractivity contribution is 9.10. The van der Waals surface area contributed by atoms with Gasteiger partial charge < -0.3 is 9.47 Å². The van der Waals surface area contributed by atoms with Gasteiger partial charge in [-0.15, -0.1) is 11.3 Å². The molecule has 3 nitrogen and oxygen atoms in total. The van der Waals surface area contributed by atoms with Crippen molar-refractivity contribution in [2.75, 3.05) is 6.61 Å². The maximum absolute atomic E-state index is 6.05. The summed E-state index contributed by atoms with van der Waals surface area (Å²) in [5, 5.41) is 0.951. The second-order valence-corrected chi connectivity index (χ2v) is 6.42. The predicted octanol–water partition coefficient (Wildman–Crippen LogP) is 4.57. The molecular weight excluding hydrogens is 338 g/mol. The Balaban J connectivity index is 1.72. The first-order valence-electron chi connectivity index (χ1n) is 6.25.